The van der Waals surface area contributed by atoms with Gasteiger partial charge in [0.15, 0.2) is 0 Å². The van der Waals surface area contributed by atoms with Crippen LogP contribution in [0.4, 0.5) is 22.4 Å². The van der Waals surface area contributed by atoms with E-state index in [1.807, 2.05) is 55.7 Å². The summed E-state index contributed by atoms with van der Waals surface area (Å²) in [7, 11) is 1.87. The van der Waals surface area contributed by atoms with Crippen molar-refractivity contribution >= 4 is 29.5 Å². The van der Waals surface area contributed by atoms with Crippen molar-refractivity contribution in [3.05, 3.63) is 78.4 Å². The van der Waals surface area contributed by atoms with Gasteiger partial charge in [-0.25, -0.2) is 14.8 Å². The number of primary amides is 1. The van der Waals surface area contributed by atoms with Crippen molar-refractivity contribution in [3.8, 4) is 17.2 Å². The summed E-state index contributed by atoms with van der Waals surface area (Å²) in [5, 5.41) is 23.1. The Kier molecular flexibility index (Phi) is 9.61. The zero-order valence-corrected chi connectivity index (χ0v) is 24.5. The number of pyridine rings is 1. The third kappa shape index (κ3) is 7.65. The fourth-order valence-electron chi connectivity index (χ4n) is 5.22. The number of carbonyl (C=O) groups is 2. The standard InChI is InChI=1S/C31H35N11O2/c1-41-20-24(19-38-41)22-7-12-28(35-17-22)42(31(44)37-16-21-5-3-2-4-6-21)26-10-8-25(9-11-26)39-30-36-18-23(15-32)29(40-30)34-14-13-27(33)43/h2-7,12,17-20,25-26H,8-11,13-14,16H2,1H3,(H2,33,43)(H,37,44)(H2,34,36,39,40). The van der Waals surface area contributed by atoms with Crippen LogP contribution in [0.25, 0.3) is 11.1 Å². The molecule has 5 N–H and O–H groups in total. The van der Waals surface area contributed by atoms with Crippen molar-refractivity contribution in [1.29, 1.82) is 5.26 Å². The van der Waals surface area contributed by atoms with Crippen molar-refractivity contribution in [2.45, 2.75) is 50.7 Å². The van der Waals surface area contributed by atoms with Gasteiger partial charge in [-0.05, 0) is 43.4 Å². The first kappa shape index (κ1) is 30.0. The number of nitriles is 1. The van der Waals surface area contributed by atoms with Gasteiger partial charge in [-0.1, -0.05) is 30.3 Å². The number of nitrogens with zero attached hydrogens (tertiary/aromatic N) is 7. The molecule has 226 valence electrons. The zero-order chi connectivity index (χ0) is 30.9. The van der Waals surface area contributed by atoms with Crippen LogP contribution in [0.1, 0.15) is 43.2 Å². The molecule has 3 aromatic heterocycles. The summed E-state index contributed by atoms with van der Waals surface area (Å²) >= 11 is 0. The van der Waals surface area contributed by atoms with Gasteiger partial charge in [0.05, 0.1) is 12.4 Å². The lowest BCUT2D eigenvalue weighted by Crippen LogP contribution is -2.49. The Hall–Kier alpha value is -5.51. The number of hydrogen-bond acceptors (Lipinski definition) is 9. The fraction of sp³-hybridized carbons (Fsp3) is 0.323. The number of nitrogens with two attached hydrogens (primary N) is 1. The summed E-state index contributed by atoms with van der Waals surface area (Å²) in [6.07, 6.45) is 10.1. The Morgan fingerprint density at radius 2 is 1.84 bits per heavy atom. The number of anilines is 3. The third-order valence-electron chi connectivity index (χ3n) is 7.51. The summed E-state index contributed by atoms with van der Waals surface area (Å²) < 4.78 is 1.74. The predicted molar refractivity (Wildman–Crippen MR) is 166 cm³/mol. The van der Waals surface area contributed by atoms with E-state index in [2.05, 4.69) is 37.1 Å². The summed E-state index contributed by atoms with van der Waals surface area (Å²) in [6, 6.07) is 15.5. The molecule has 0 atom stereocenters. The number of aromatic nitrogens is 5. The molecule has 1 aliphatic carbocycles. The minimum Gasteiger partial charge on any atom is -0.370 e. The Labute approximate surface area is 255 Å². The molecule has 13 nitrogen and oxygen atoms in total. The molecule has 0 saturated heterocycles. The maximum atomic E-state index is 13.6. The average molecular weight is 594 g/mol. The number of carbonyl (C=O) groups excluding carboxylic acids is 2. The van der Waals surface area contributed by atoms with Crippen LogP contribution in [-0.2, 0) is 18.4 Å². The van der Waals surface area contributed by atoms with Crippen LogP contribution in [0.3, 0.4) is 0 Å². The molecular formula is C31H35N11O2. The maximum absolute atomic E-state index is 13.6. The minimum absolute atomic E-state index is 0.0616. The first-order valence-electron chi connectivity index (χ1n) is 14.5. The molecule has 0 spiro atoms. The van der Waals surface area contributed by atoms with Gasteiger partial charge in [-0.2, -0.15) is 15.3 Å². The molecule has 44 heavy (non-hydrogen) atoms. The average Bonchev–Trinajstić information content (AvgIpc) is 3.48. The summed E-state index contributed by atoms with van der Waals surface area (Å²) in [4.78, 5) is 39.9. The number of aryl methyl sites for hydroxylation is 1. The van der Waals surface area contributed by atoms with Gasteiger partial charge < -0.3 is 21.7 Å². The lowest BCUT2D eigenvalue weighted by atomic mass is 9.90. The Bertz CT molecular complexity index is 1610. The lowest BCUT2D eigenvalue weighted by Gasteiger charge is -2.36. The predicted octanol–water partition coefficient (Wildman–Crippen LogP) is 3.57. The van der Waals surface area contributed by atoms with Crippen LogP contribution in [0, 0.1) is 11.3 Å². The molecule has 13 heteroatoms. The molecule has 5 rings (SSSR count). The quantitative estimate of drug-likeness (QED) is 0.202. The van der Waals surface area contributed by atoms with E-state index >= 15 is 0 Å². The van der Waals surface area contributed by atoms with Gasteiger partial charge in [-0.3, -0.25) is 14.4 Å². The van der Waals surface area contributed by atoms with Crippen LogP contribution < -0.4 is 26.6 Å². The first-order chi connectivity index (χ1) is 21.4. The normalized spacial score (nSPS) is 16.0. The van der Waals surface area contributed by atoms with Crippen LogP contribution in [0.5, 0.6) is 0 Å². The van der Waals surface area contributed by atoms with Gasteiger partial charge in [0.25, 0.3) is 0 Å². The highest BCUT2D eigenvalue weighted by Gasteiger charge is 2.31. The van der Waals surface area contributed by atoms with Gasteiger partial charge >= 0.3 is 6.03 Å². The topological polar surface area (TPSA) is 180 Å². The highest BCUT2D eigenvalue weighted by Crippen LogP contribution is 2.29. The highest BCUT2D eigenvalue weighted by atomic mass is 16.2. The lowest BCUT2D eigenvalue weighted by molar-refractivity contribution is -0.117. The number of hydrogen-bond donors (Lipinski definition) is 4. The molecule has 0 bridgehead atoms. The SMILES string of the molecule is Cn1cc(-c2ccc(N(C(=O)NCc3ccccc3)C3CCC(Nc4ncc(C#N)c(NCCC(N)=O)n4)CC3)nc2)cn1. The fourth-order valence-corrected chi connectivity index (χ4v) is 5.22. The van der Waals surface area contributed by atoms with Gasteiger partial charge in [0.1, 0.15) is 23.3 Å². The van der Waals surface area contributed by atoms with E-state index in [1.54, 1.807) is 22.0 Å². The Balaban J connectivity index is 1.27. The van der Waals surface area contributed by atoms with E-state index in [0.29, 0.717) is 24.1 Å². The van der Waals surface area contributed by atoms with Crippen LogP contribution >= 0.6 is 0 Å². The van der Waals surface area contributed by atoms with Crippen molar-refractivity contribution in [3.63, 3.8) is 0 Å². The summed E-state index contributed by atoms with van der Waals surface area (Å²) in [5.41, 5.74) is 8.39. The monoisotopic (exact) mass is 593 g/mol. The van der Waals surface area contributed by atoms with E-state index in [0.717, 1.165) is 42.4 Å². The second kappa shape index (κ2) is 14.1. The Morgan fingerprint density at radius 1 is 1.05 bits per heavy atom. The largest absolute Gasteiger partial charge is 0.370 e. The molecule has 4 aromatic rings. The van der Waals surface area contributed by atoms with Gasteiger partial charge in [0, 0.05) is 62.2 Å². The number of benzene rings is 1. The van der Waals surface area contributed by atoms with E-state index in [4.69, 9.17) is 10.7 Å². The molecule has 1 aromatic carbocycles. The molecule has 3 heterocycles. The maximum Gasteiger partial charge on any atom is 0.323 e. The number of urea groups is 1. The molecule has 0 unspecified atom stereocenters. The van der Waals surface area contributed by atoms with Crippen molar-refractivity contribution in [2.75, 3.05) is 22.1 Å². The van der Waals surface area contributed by atoms with Crippen LogP contribution in [0.2, 0.25) is 0 Å². The zero-order valence-electron chi connectivity index (χ0n) is 24.5. The summed E-state index contributed by atoms with van der Waals surface area (Å²) in [5.74, 6) is 0.880. The van der Waals surface area contributed by atoms with E-state index in [-0.39, 0.29) is 36.6 Å². The Morgan fingerprint density at radius 3 is 2.50 bits per heavy atom. The van der Waals surface area contributed by atoms with E-state index in [1.165, 1.54) is 6.20 Å². The van der Waals surface area contributed by atoms with Crippen molar-refractivity contribution in [1.82, 2.24) is 30.0 Å². The smallest absolute Gasteiger partial charge is 0.323 e. The molecule has 1 aliphatic rings. The van der Waals surface area contributed by atoms with E-state index < -0.39 is 5.91 Å². The summed E-state index contributed by atoms with van der Waals surface area (Å²) in [6.45, 7) is 0.678. The number of amides is 3. The highest BCUT2D eigenvalue weighted by molar-refractivity contribution is 5.91. The van der Waals surface area contributed by atoms with Gasteiger partial charge in [-0.15, -0.1) is 0 Å². The van der Waals surface area contributed by atoms with Crippen LogP contribution in [0.15, 0.2) is 67.3 Å². The van der Waals surface area contributed by atoms with Crippen molar-refractivity contribution < 1.29 is 9.59 Å². The third-order valence-corrected chi connectivity index (χ3v) is 7.51. The number of rotatable bonds is 11. The molecule has 0 radical (unpaired) electrons. The number of nitrogens with one attached hydrogen (secondary N) is 3. The molecule has 1 fully saturated rings. The van der Waals surface area contributed by atoms with E-state index in [9.17, 15) is 14.9 Å². The molecular weight excluding hydrogens is 558 g/mol. The van der Waals surface area contributed by atoms with Crippen LogP contribution in [-0.4, -0.2) is 55.3 Å². The second-order valence-electron chi connectivity index (χ2n) is 10.7. The minimum atomic E-state index is -0.442. The molecule has 3 amide bonds. The molecule has 1 saturated carbocycles. The van der Waals surface area contributed by atoms with Gasteiger partial charge in [0.2, 0.25) is 11.9 Å². The van der Waals surface area contributed by atoms with Crippen molar-refractivity contribution in [2.24, 2.45) is 12.8 Å². The second-order valence-corrected chi connectivity index (χ2v) is 10.7. The molecule has 0 aliphatic heterocycles. The first-order valence-corrected chi connectivity index (χ1v) is 14.5.